The zero-order valence-electron chi connectivity index (χ0n) is 6.56. The molecule has 0 saturated carbocycles. The van der Waals surface area contributed by atoms with Crippen molar-refractivity contribution in [3.63, 3.8) is 0 Å². The van der Waals surface area contributed by atoms with Crippen molar-refractivity contribution < 1.29 is 13.2 Å². The van der Waals surface area contributed by atoms with Crippen molar-refractivity contribution in [2.24, 2.45) is 5.92 Å². The van der Waals surface area contributed by atoms with Gasteiger partial charge in [0.05, 0.1) is 6.07 Å². The Morgan fingerprint density at radius 2 is 2.00 bits per heavy atom. The molecule has 72 valence electrons. The lowest BCUT2D eigenvalue weighted by molar-refractivity contribution is 0.232. The second-order valence-corrected chi connectivity index (χ2v) is 2.97. The molecular formula is C8H2ClF3N2. The smallest absolute Gasteiger partial charge is 0.221 e. The Labute approximate surface area is 82.5 Å². The molecule has 6 heteroatoms. The lowest BCUT2D eigenvalue weighted by Crippen LogP contribution is -2.32. The fourth-order valence-electron chi connectivity index (χ4n) is 1.00. The highest BCUT2D eigenvalue weighted by atomic mass is 35.5. The first-order chi connectivity index (χ1) is 6.46. The van der Waals surface area contributed by atoms with Crippen LogP contribution in [0.5, 0.6) is 0 Å². The number of hydrogen-bond acceptors (Lipinski definition) is 2. The summed E-state index contributed by atoms with van der Waals surface area (Å²) in [5.41, 5.74) is -3.00. The Kier molecular flexibility index (Phi) is 2.55. The number of alkyl halides is 1. The maximum absolute atomic E-state index is 13.4. The number of nitrogens with zero attached hydrogens (tertiary/aromatic N) is 2. The van der Waals surface area contributed by atoms with E-state index in [1.165, 1.54) is 6.07 Å². The second kappa shape index (κ2) is 3.36. The van der Waals surface area contributed by atoms with Crippen LogP contribution >= 0.6 is 11.6 Å². The summed E-state index contributed by atoms with van der Waals surface area (Å²) in [5, 5.41) is 15.8. The van der Waals surface area contributed by atoms with Crippen LogP contribution in [-0.4, -0.2) is 5.67 Å². The van der Waals surface area contributed by atoms with Gasteiger partial charge in [0.1, 0.15) is 22.8 Å². The highest BCUT2D eigenvalue weighted by Gasteiger charge is 2.46. The van der Waals surface area contributed by atoms with E-state index in [1.807, 2.05) is 0 Å². The molecule has 0 amide bonds. The van der Waals surface area contributed by atoms with Crippen LogP contribution in [0.25, 0.3) is 0 Å². The van der Waals surface area contributed by atoms with Crippen LogP contribution in [-0.2, 0) is 0 Å². The number of allylic oxidation sites excluding steroid dienone is 4. The summed E-state index contributed by atoms with van der Waals surface area (Å²) in [6.45, 7) is 0. The van der Waals surface area contributed by atoms with Crippen molar-refractivity contribution in [2.75, 3.05) is 0 Å². The SMILES string of the molecule is N#CC1C(F)=C(Cl)C(F)=CC1(F)C#N. The maximum Gasteiger partial charge on any atom is 0.239 e. The predicted octanol–water partition coefficient (Wildman–Crippen LogP) is 2.64. The fraction of sp³-hybridized carbons (Fsp3) is 0.250. The molecule has 0 radical (unpaired) electrons. The first-order valence-electron chi connectivity index (χ1n) is 3.40. The molecule has 0 aromatic rings. The summed E-state index contributed by atoms with van der Waals surface area (Å²) >= 11 is 5.11. The minimum Gasteiger partial charge on any atom is -0.221 e. The van der Waals surface area contributed by atoms with Gasteiger partial charge in [0, 0.05) is 6.08 Å². The van der Waals surface area contributed by atoms with E-state index in [4.69, 9.17) is 22.1 Å². The number of nitriles is 2. The molecule has 14 heavy (non-hydrogen) atoms. The fourth-order valence-corrected chi connectivity index (χ4v) is 1.17. The predicted molar refractivity (Wildman–Crippen MR) is 41.7 cm³/mol. The molecule has 0 aromatic carbocycles. The molecular weight excluding hydrogens is 217 g/mol. The third kappa shape index (κ3) is 1.36. The van der Waals surface area contributed by atoms with Crippen molar-refractivity contribution in [1.29, 1.82) is 10.5 Å². The van der Waals surface area contributed by atoms with Crippen LogP contribution in [0.2, 0.25) is 0 Å². The zero-order chi connectivity index (χ0) is 10.9. The molecule has 0 saturated heterocycles. The van der Waals surface area contributed by atoms with Gasteiger partial charge in [-0.15, -0.1) is 0 Å². The van der Waals surface area contributed by atoms with Crippen molar-refractivity contribution in [3.8, 4) is 12.1 Å². The van der Waals surface area contributed by atoms with Gasteiger partial charge in [-0.1, -0.05) is 11.6 Å². The second-order valence-electron chi connectivity index (χ2n) is 2.60. The number of halogens is 4. The molecule has 1 rings (SSSR count). The number of hydrogen-bond donors (Lipinski definition) is 0. The maximum atomic E-state index is 13.4. The Hall–Kier alpha value is -1.46. The van der Waals surface area contributed by atoms with E-state index < -0.39 is 28.3 Å². The van der Waals surface area contributed by atoms with E-state index >= 15 is 0 Å². The van der Waals surface area contributed by atoms with E-state index in [0.29, 0.717) is 0 Å². The summed E-state index contributed by atoms with van der Waals surface area (Å²) in [6, 6.07) is 2.24. The van der Waals surface area contributed by atoms with Gasteiger partial charge in [0.2, 0.25) is 5.67 Å². The molecule has 0 spiro atoms. The third-order valence-corrected chi connectivity index (χ3v) is 2.09. The number of rotatable bonds is 0. The minimum atomic E-state index is -3.00. The lowest BCUT2D eigenvalue weighted by atomic mass is 9.86. The molecule has 0 aliphatic heterocycles. The molecule has 0 heterocycles. The summed E-state index contributed by atoms with van der Waals surface area (Å²) in [7, 11) is 0. The van der Waals surface area contributed by atoms with Gasteiger partial charge in [-0.25, -0.2) is 13.2 Å². The average molecular weight is 219 g/mol. The minimum absolute atomic E-state index is 0.201. The highest BCUT2D eigenvalue weighted by molar-refractivity contribution is 6.32. The molecule has 0 N–H and O–H groups in total. The van der Waals surface area contributed by atoms with E-state index in [0.717, 1.165) is 6.07 Å². The van der Waals surface area contributed by atoms with Gasteiger partial charge in [-0.3, -0.25) is 0 Å². The van der Waals surface area contributed by atoms with Gasteiger partial charge < -0.3 is 0 Å². The van der Waals surface area contributed by atoms with Crippen LogP contribution in [0.1, 0.15) is 0 Å². The van der Waals surface area contributed by atoms with Crippen LogP contribution in [0.15, 0.2) is 22.8 Å². The van der Waals surface area contributed by atoms with Crippen LogP contribution < -0.4 is 0 Å². The summed E-state index contributed by atoms with van der Waals surface area (Å²) in [6.07, 6.45) is 0.201. The largest absolute Gasteiger partial charge is 0.239 e. The molecule has 0 fully saturated rings. The topological polar surface area (TPSA) is 47.6 Å². The highest BCUT2D eigenvalue weighted by Crippen LogP contribution is 2.41. The average Bonchev–Trinajstić information content (AvgIpc) is 2.15. The molecule has 2 nitrogen and oxygen atoms in total. The quantitative estimate of drug-likeness (QED) is 0.628. The molecule has 2 atom stereocenters. The summed E-state index contributed by atoms with van der Waals surface area (Å²) in [4.78, 5) is 0. The standard InChI is InChI=1S/C8H2ClF3N2/c9-6-5(10)1-8(12,3-14)4(2-13)7(6)11/h1,4H. The van der Waals surface area contributed by atoms with Crippen LogP contribution in [0.3, 0.4) is 0 Å². The van der Waals surface area contributed by atoms with Gasteiger partial charge in [0.25, 0.3) is 0 Å². The van der Waals surface area contributed by atoms with Crippen molar-refractivity contribution in [2.45, 2.75) is 5.67 Å². The first-order valence-corrected chi connectivity index (χ1v) is 3.77. The van der Waals surface area contributed by atoms with Gasteiger partial charge in [0.15, 0.2) is 5.92 Å². The van der Waals surface area contributed by atoms with E-state index in [-0.39, 0.29) is 6.08 Å². The molecule has 0 aromatic heterocycles. The van der Waals surface area contributed by atoms with E-state index in [9.17, 15) is 13.2 Å². The normalized spacial score (nSPS) is 31.9. The van der Waals surface area contributed by atoms with Gasteiger partial charge in [-0.2, -0.15) is 10.5 Å². The molecule has 1 aliphatic carbocycles. The molecule has 1 aliphatic rings. The zero-order valence-corrected chi connectivity index (χ0v) is 7.32. The summed E-state index contributed by atoms with van der Waals surface area (Å²) in [5.74, 6) is -4.85. The molecule has 0 bridgehead atoms. The Bertz CT molecular complexity index is 415. The Morgan fingerprint density at radius 3 is 2.43 bits per heavy atom. The lowest BCUT2D eigenvalue weighted by Gasteiger charge is -2.22. The summed E-state index contributed by atoms with van der Waals surface area (Å²) < 4.78 is 39.2. The first kappa shape index (κ1) is 10.6. The van der Waals surface area contributed by atoms with Crippen molar-refractivity contribution in [1.82, 2.24) is 0 Å². The van der Waals surface area contributed by atoms with Gasteiger partial charge >= 0.3 is 0 Å². The monoisotopic (exact) mass is 218 g/mol. The Morgan fingerprint density at radius 1 is 1.43 bits per heavy atom. The molecule has 2 unspecified atom stereocenters. The van der Waals surface area contributed by atoms with Crippen molar-refractivity contribution >= 4 is 11.6 Å². The van der Waals surface area contributed by atoms with E-state index in [2.05, 4.69) is 0 Å². The van der Waals surface area contributed by atoms with Crippen LogP contribution in [0.4, 0.5) is 13.2 Å². The Balaban J connectivity index is 3.35. The van der Waals surface area contributed by atoms with Crippen molar-refractivity contribution in [3.05, 3.63) is 22.8 Å². The van der Waals surface area contributed by atoms with E-state index in [1.54, 1.807) is 0 Å². The van der Waals surface area contributed by atoms with Gasteiger partial charge in [-0.05, 0) is 0 Å². The third-order valence-electron chi connectivity index (χ3n) is 1.73. The van der Waals surface area contributed by atoms with Crippen LogP contribution in [0, 0.1) is 28.6 Å².